The standard InChI is InChI=1S/C21H21F3N2O4/c1-11(28)18(10-27)25-21(29)30-7-6-15-16-8-14(23)9-17(24)20(16)26-19(15)12-2-4-13(22)5-3-12/h2-5,8-9,11,18,26-28H,6-7,10H2,1H3,(H,25,29)/t11-,18-/m0/s1. The van der Waals surface area contributed by atoms with Crippen molar-refractivity contribution in [1.29, 1.82) is 0 Å². The molecule has 0 aliphatic rings. The van der Waals surface area contributed by atoms with Crippen LogP contribution in [0.3, 0.4) is 0 Å². The number of aromatic nitrogens is 1. The fourth-order valence-electron chi connectivity index (χ4n) is 3.15. The molecule has 0 aliphatic heterocycles. The summed E-state index contributed by atoms with van der Waals surface area (Å²) >= 11 is 0. The topological polar surface area (TPSA) is 94.6 Å². The van der Waals surface area contributed by atoms with Crippen molar-refractivity contribution >= 4 is 17.0 Å². The quantitative estimate of drug-likeness (QED) is 0.470. The average Bonchev–Trinajstić information content (AvgIpc) is 3.05. The zero-order chi connectivity index (χ0) is 21.8. The van der Waals surface area contributed by atoms with E-state index in [-0.39, 0.29) is 23.9 Å². The first-order valence-corrected chi connectivity index (χ1v) is 9.28. The van der Waals surface area contributed by atoms with Crippen molar-refractivity contribution in [3.63, 3.8) is 0 Å². The van der Waals surface area contributed by atoms with Crippen LogP contribution in [0.25, 0.3) is 22.2 Å². The van der Waals surface area contributed by atoms with Crippen LogP contribution in [-0.4, -0.2) is 46.6 Å². The van der Waals surface area contributed by atoms with Gasteiger partial charge in [0.15, 0.2) is 0 Å². The van der Waals surface area contributed by atoms with Gasteiger partial charge in [-0.1, -0.05) is 0 Å². The van der Waals surface area contributed by atoms with Crippen molar-refractivity contribution in [2.75, 3.05) is 13.2 Å². The molecule has 0 saturated heterocycles. The Morgan fingerprint density at radius 1 is 1.17 bits per heavy atom. The highest BCUT2D eigenvalue weighted by Gasteiger charge is 2.19. The molecular formula is C21H21F3N2O4. The number of aromatic amines is 1. The third-order valence-corrected chi connectivity index (χ3v) is 4.73. The Hall–Kier alpha value is -3.04. The lowest BCUT2D eigenvalue weighted by Crippen LogP contribution is -2.44. The van der Waals surface area contributed by atoms with Crippen molar-refractivity contribution in [1.82, 2.24) is 10.3 Å². The summed E-state index contributed by atoms with van der Waals surface area (Å²) in [6.45, 7) is 0.802. The van der Waals surface area contributed by atoms with E-state index >= 15 is 0 Å². The first kappa shape index (κ1) is 21.7. The van der Waals surface area contributed by atoms with Gasteiger partial charge in [0.05, 0.1) is 30.9 Å². The van der Waals surface area contributed by atoms with Crippen molar-refractivity contribution < 1.29 is 32.9 Å². The maximum atomic E-state index is 14.3. The fraction of sp³-hybridized carbons (Fsp3) is 0.286. The molecule has 1 aromatic heterocycles. The average molecular weight is 422 g/mol. The molecule has 2 aromatic carbocycles. The molecule has 1 amide bonds. The smallest absolute Gasteiger partial charge is 0.407 e. The lowest BCUT2D eigenvalue weighted by molar-refractivity contribution is 0.0884. The van der Waals surface area contributed by atoms with Gasteiger partial charge in [-0.2, -0.15) is 0 Å². The lowest BCUT2D eigenvalue weighted by Gasteiger charge is -2.18. The lowest BCUT2D eigenvalue weighted by atomic mass is 10.0. The van der Waals surface area contributed by atoms with Crippen LogP contribution < -0.4 is 5.32 Å². The monoisotopic (exact) mass is 422 g/mol. The van der Waals surface area contributed by atoms with Crippen LogP contribution in [0.4, 0.5) is 18.0 Å². The molecule has 1 heterocycles. The van der Waals surface area contributed by atoms with Crippen LogP contribution >= 0.6 is 0 Å². The molecule has 3 aromatic rings. The molecule has 4 N–H and O–H groups in total. The van der Waals surface area contributed by atoms with Gasteiger partial charge < -0.3 is 25.3 Å². The summed E-state index contributed by atoms with van der Waals surface area (Å²) in [6.07, 6.45) is -1.72. The van der Waals surface area contributed by atoms with Gasteiger partial charge in [0.25, 0.3) is 0 Å². The summed E-state index contributed by atoms with van der Waals surface area (Å²) in [7, 11) is 0. The van der Waals surface area contributed by atoms with E-state index in [1.54, 1.807) is 0 Å². The van der Waals surface area contributed by atoms with Crippen molar-refractivity contribution in [3.05, 3.63) is 59.4 Å². The van der Waals surface area contributed by atoms with Crippen LogP contribution in [0, 0.1) is 17.5 Å². The number of fused-ring (bicyclic) bond motifs is 1. The van der Waals surface area contributed by atoms with Gasteiger partial charge in [0.1, 0.15) is 17.5 Å². The van der Waals surface area contributed by atoms with Gasteiger partial charge >= 0.3 is 6.09 Å². The highest BCUT2D eigenvalue weighted by Crippen LogP contribution is 2.33. The Morgan fingerprint density at radius 2 is 1.87 bits per heavy atom. The Morgan fingerprint density at radius 3 is 2.50 bits per heavy atom. The molecule has 0 radical (unpaired) electrons. The molecule has 9 heteroatoms. The molecular weight excluding hydrogens is 401 g/mol. The van der Waals surface area contributed by atoms with Gasteiger partial charge in [-0.25, -0.2) is 18.0 Å². The number of benzene rings is 2. The van der Waals surface area contributed by atoms with Crippen LogP contribution in [0.15, 0.2) is 36.4 Å². The number of carbonyl (C=O) groups excluding carboxylic acids is 1. The number of amides is 1. The van der Waals surface area contributed by atoms with Gasteiger partial charge in [-0.3, -0.25) is 0 Å². The summed E-state index contributed by atoms with van der Waals surface area (Å²) in [5.41, 5.74) is 1.60. The molecule has 3 rings (SSSR count). The number of nitrogens with one attached hydrogen (secondary N) is 2. The minimum Gasteiger partial charge on any atom is -0.449 e. The largest absolute Gasteiger partial charge is 0.449 e. The highest BCUT2D eigenvalue weighted by atomic mass is 19.1. The van der Waals surface area contributed by atoms with E-state index in [9.17, 15) is 23.1 Å². The van der Waals surface area contributed by atoms with Gasteiger partial charge in [-0.05, 0) is 48.4 Å². The Kier molecular flexibility index (Phi) is 6.63. The highest BCUT2D eigenvalue weighted by molar-refractivity contribution is 5.91. The summed E-state index contributed by atoms with van der Waals surface area (Å²) in [5, 5.41) is 21.2. The molecule has 0 saturated carbocycles. The molecule has 0 aliphatic carbocycles. The normalized spacial score (nSPS) is 13.3. The number of halogens is 3. The van der Waals surface area contributed by atoms with E-state index < -0.39 is 42.3 Å². The summed E-state index contributed by atoms with van der Waals surface area (Å²) in [5.74, 6) is -1.97. The van der Waals surface area contributed by atoms with E-state index in [4.69, 9.17) is 9.84 Å². The van der Waals surface area contributed by atoms with Gasteiger partial charge in [0, 0.05) is 23.6 Å². The number of alkyl carbamates (subject to hydrolysis) is 1. The molecule has 0 bridgehead atoms. The van der Waals surface area contributed by atoms with Crippen molar-refractivity contribution in [3.8, 4) is 11.3 Å². The van der Waals surface area contributed by atoms with E-state index in [2.05, 4.69) is 10.3 Å². The molecule has 160 valence electrons. The number of aliphatic hydroxyl groups is 2. The Bertz CT molecular complexity index is 1030. The number of hydrogen-bond acceptors (Lipinski definition) is 4. The van der Waals surface area contributed by atoms with Gasteiger partial charge in [-0.15, -0.1) is 0 Å². The number of hydrogen-bond donors (Lipinski definition) is 4. The van der Waals surface area contributed by atoms with E-state index in [1.165, 1.54) is 37.3 Å². The third kappa shape index (κ3) is 4.74. The summed E-state index contributed by atoms with van der Waals surface area (Å²) in [4.78, 5) is 14.8. The number of carbonyl (C=O) groups is 1. The van der Waals surface area contributed by atoms with Crippen LogP contribution in [0.2, 0.25) is 0 Å². The molecule has 30 heavy (non-hydrogen) atoms. The maximum absolute atomic E-state index is 14.3. The van der Waals surface area contributed by atoms with E-state index in [1.807, 2.05) is 0 Å². The second kappa shape index (κ2) is 9.19. The van der Waals surface area contributed by atoms with Crippen molar-refractivity contribution in [2.24, 2.45) is 0 Å². The maximum Gasteiger partial charge on any atom is 0.407 e. The molecule has 6 nitrogen and oxygen atoms in total. The molecule has 0 spiro atoms. The second-order valence-corrected chi connectivity index (χ2v) is 6.86. The van der Waals surface area contributed by atoms with Crippen LogP contribution in [-0.2, 0) is 11.2 Å². The Labute approximate surface area is 170 Å². The Balaban J connectivity index is 1.85. The first-order chi connectivity index (χ1) is 14.3. The zero-order valence-electron chi connectivity index (χ0n) is 16.1. The third-order valence-electron chi connectivity index (χ3n) is 4.73. The summed E-state index contributed by atoms with van der Waals surface area (Å²) in [6, 6.07) is 6.54. The number of aliphatic hydroxyl groups excluding tert-OH is 2. The fourth-order valence-corrected chi connectivity index (χ4v) is 3.15. The number of H-pyrrole nitrogens is 1. The molecule has 2 atom stereocenters. The minimum absolute atomic E-state index is 0.0876. The predicted octanol–water partition coefficient (Wildman–Crippen LogP) is 3.26. The first-order valence-electron chi connectivity index (χ1n) is 9.28. The molecule has 0 unspecified atom stereocenters. The zero-order valence-corrected chi connectivity index (χ0v) is 16.1. The predicted molar refractivity (Wildman–Crippen MR) is 104 cm³/mol. The number of rotatable bonds is 7. The van der Waals surface area contributed by atoms with E-state index in [0.717, 1.165) is 6.07 Å². The molecule has 0 fully saturated rings. The van der Waals surface area contributed by atoms with Gasteiger partial charge in [0.2, 0.25) is 0 Å². The number of ether oxygens (including phenoxy) is 1. The SMILES string of the molecule is C[C@H](O)[C@H](CO)NC(=O)OCCc1c(-c2ccc(F)cc2)[nH]c2c(F)cc(F)cc12. The van der Waals surface area contributed by atoms with Crippen LogP contribution in [0.1, 0.15) is 12.5 Å². The second-order valence-electron chi connectivity index (χ2n) is 6.86. The van der Waals surface area contributed by atoms with E-state index in [0.29, 0.717) is 16.8 Å². The minimum atomic E-state index is -0.979. The van der Waals surface area contributed by atoms with Crippen molar-refractivity contribution in [2.45, 2.75) is 25.5 Å². The summed E-state index contributed by atoms with van der Waals surface area (Å²) < 4.78 is 46.4. The van der Waals surface area contributed by atoms with Crippen LogP contribution in [0.5, 0.6) is 0 Å².